The Morgan fingerprint density at radius 1 is 1.25 bits per heavy atom. The molecule has 3 rings (SSSR count). The Kier molecular flexibility index (Phi) is 6.75. The lowest BCUT2D eigenvalue weighted by atomic mass is 10.1. The van der Waals surface area contributed by atoms with Crippen LogP contribution in [0.5, 0.6) is 0 Å². The molecule has 1 N–H and O–H groups in total. The number of aryl methyl sites for hydroxylation is 1. The summed E-state index contributed by atoms with van der Waals surface area (Å²) >= 11 is 0. The molecule has 3 heterocycles. The third-order valence-electron chi connectivity index (χ3n) is 5.27. The van der Waals surface area contributed by atoms with E-state index in [2.05, 4.69) is 15.0 Å². The fraction of sp³-hybridized carbons (Fsp3) is 0.524. The number of anilines is 1. The summed E-state index contributed by atoms with van der Waals surface area (Å²) in [6, 6.07) is 0.670. The predicted octanol–water partition coefficient (Wildman–Crippen LogP) is 3.16. The second-order valence-electron chi connectivity index (χ2n) is 8.22. The summed E-state index contributed by atoms with van der Waals surface area (Å²) in [7, 11) is 0. The topological polar surface area (TPSA) is 91.4 Å². The number of rotatable bonds is 4. The molecule has 0 aromatic carbocycles. The van der Waals surface area contributed by atoms with Crippen LogP contribution in [-0.4, -0.2) is 57.2 Å². The standard InChI is InChI=1S/C21H26F3N5O3/c1-12-7-26-19(27-8-12)29-13(2)10-28(11-14(29)3)20(31)32-15(4)5-16-6-17(21(22,23)24)18(30)25-9-16/h6-9,13-15H,5,10-11H2,1-4H3,(H,25,30)/t13-,14-,15+/m1/s1. The van der Waals surface area contributed by atoms with E-state index in [0.29, 0.717) is 19.0 Å². The van der Waals surface area contributed by atoms with Crippen molar-refractivity contribution in [2.45, 2.75) is 58.5 Å². The van der Waals surface area contributed by atoms with E-state index in [1.54, 1.807) is 24.2 Å². The maximum absolute atomic E-state index is 12.9. The number of aromatic amines is 1. The molecule has 0 radical (unpaired) electrons. The zero-order valence-corrected chi connectivity index (χ0v) is 18.3. The Morgan fingerprint density at radius 2 is 1.84 bits per heavy atom. The first kappa shape index (κ1) is 23.6. The number of carbonyl (C=O) groups is 1. The van der Waals surface area contributed by atoms with Gasteiger partial charge in [-0.05, 0) is 44.9 Å². The van der Waals surface area contributed by atoms with Gasteiger partial charge in [-0.15, -0.1) is 0 Å². The monoisotopic (exact) mass is 453 g/mol. The Morgan fingerprint density at radius 3 is 2.41 bits per heavy atom. The van der Waals surface area contributed by atoms with Gasteiger partial charge in [-0.3, -0.25) is 4.79 Å². The Bertz CT molecular complexity index is 997. The van der Waals surface area contributed by atoms with E-state index >= 15 is 0 Å². The Hall–Kier alpha value is -3.11. The van der Waals surface area contributed by atoms with Gasteiger partial charge in [-0.1, -0.05) is 0 Å². The number of carbonyl (C=O) groups excluding carboxylic acids is 1. The normalized spacial score (nSPS) is 20.2. The molecule has 0 aliphatic carbocycles. The summed E-state index contributed by atoms with van der Waals surface area (Å²) in [5, 5.41) is 0. The number of piperazine rings is 1. The minimum Gasteiger partial charge on any atom is -0.446 e. The first-order chi connectivity index (χ1) is 15.0. The maximum atomic E-state index is 12.9. The molecule has 1 aliphatic rings. The molecule has 1 fully saturated rings. The minimum absolute atomic E-state index is 0.0356. The number of pyridine rings is 1. The average Bonchev–Trinajstić information content (AvgIpc) is 2.69. The van der Waals surface area contributed by atoms with Gasteiger partial charge in [-0.2, -0.15) is 13.2 Å². The molecule has 1 saturated heterocycles. The fourth-order valence-corrected chi connectivity index (χ4v) is 3.86. The summed E-state index contributed by atoms with van der Waals surface area (Å²) in [6.45, 7) is 8.21. The molecule has 0 saturated carbocycles. The molecular formula is C21H26F3N5O3. The fourth-order valence-electron chi connectivity index (χ4n) is 3.86. The number of ether oxygens (including phenoxy) is 1. The first-order valence-corrected chi connectivity index (χ1v) is 10.3. The molecule has 2 aromatic rings. The molecule has 32 heavy (non-hydrogen) atoms. The van der Waals surface area contributed by atoms with Gasteiger partial charge in [0.25, 0.3) is 5.56 Å². The first-order valence-electron chi connectivity index (χ1n) is 10.3. The highest BCUT2D eigenvalue weighted by Gasteiger charge is 2.35. The number of nitrogens with zero attached hydrogens (tertiary/aromatic N) is 4. The van der Waals surface area contributed by atoms with Crippen LogP contribution < -0.4 is 10.5 Å². The van der Waals surface area contributed by atoms with Crippen molar-refractivity contribution in [2.75, 3.05) is 18.0 Å². The summed E-state index contributed by atoms with van der Waals surface area (Å²) in [4.78, 5) is 38.5. The third kappa shape index (κ3) is 5.38. The zero-order chi connectivity index (χ0) is 23.6. The highest BCUT2D eigenvalue weighted by Crippen LogP contribution is 2.27. The summed E-state index contributed by atoms with van der Waals surface area (Å²) < 4.78 is 44.3. The SMILES string of the molecule is Cc1cnc(N2[C@H](C)CN(C(=O)O[C@@H](C)Cc3c[nH]c(=O)c(C(F)(F)F)c3)C[C@H]2C)nc1. The van der Waals surface area contributed by atoms with Crippen molar-refractivity contribution in [3.05, 3.63) is 51.7 Å². The van der Waals surface area contributed by atoms with E-state index in [9.17, 15) is 22.8 Å². The van der Waals surface area contributed by atoms with Crippen molar-refractivity contribution >= 4 is 12.0 Å². The van der Waals surface area contributed by atoms with Gasteiger partial charge in [-0.25, -0.2) is 14.8 Å². The van der Waals surface area contributed by atoms with Crippen molar-refractivity contribution in [3.63, 3.8) is 0 Å². The molecule has 1 amide bonds. The average molecular weight is 453 g/mol. The Balaban J connectivity index is 1.61. The van der Waals surface area contributed by atoms with Crippen LogP contribution in [0.4, 0.5) is 23.9 Å². The summed E-state index contributed by atoms with van der Waals surface area (Å²) in [6.07, 6.45) is -1.26. The maximum Gasteiger partial charge on any atom is 0.421 e. The lowest BCUT2D eigenvalue weighted by molar-refractivity contribution is -0.138. The number of aromatic nitrogens is 3. The number of halogens is 3. The highest BCUT2D eigenvalue weighted by molar-refractivity contribution is 5.68. The molecule has 0 bridgehead atoms. The van der Waals surface area contributed by atoms with E-state index < -0.39 is 29.5 Å². The van der Waals surface area contributed by atoms with Gasteiger partial charge in [0.1, 0.15) is 11.7 Å². The quantitative estimate of drug-likeness (QED) is 0.765. The number of H-pyrrole nitrogens is 1. The van der Waals surface area contributed by atoms with Crippen LogP contribution in [0, 0.1) is 6.92 Å². The zero-order valence-electron chi connectivity index (χ0n) is 18.3. The second kappa shape index (κ2) is 9.17. The van der Waals surface area contributed by atoms with E-state index in [4.69, 9.17) is 4.74 Å². The molecule has 0 spiro atoms. The largest absolute Gasteiger partial charge is 0.446 e. The molecular weight excluding hydrogens is 427 g/mol. The van der Waals surface area contributed by atoms with Crippen molar-refractivity contribution in [2.24, 2.45) is 0 Å². The van der Waals surface area contributed by atoms with Crippen LogP contribution in [0.1, 0.15) is 37.5 Å². The molecule has 3 atom stereocenters. The summed E-state index contributed by atoms with van der Waals surface area (Å²) in [5.74, 6) is 0.593. The van der Waals surface area contributed by atoms with Gasteiger partial charge < -0.3 is 19.5 Å². The smallest absolute Gasteiger partial charge is 0.421 e. The molecule has 8 nitrogen and oxygen atoms in total. The van der Waals surface area contributed by atoms with Gasteiger partial charge in [0.15, 0.2) is 0 Å². The second-order valence-corrected chi connectivity index (χ2v) is 8.22. The number of alkyl halides is 3. The van der Waals surface area contributed by atoms with E-state index in [-0.39, 0.29) is 24.1 Å². The summed E-state index contributed by atoms with van der Waals surface area (Å²) in [5.41, 5.74) is -1.30. The van der Waals surface area contributed by atoms with Crippen molar-refractivity contribution in [3.8, 4) is 0 Å². The van der Waals surface area contributed by atoms with Crippen molar-refractivity contribution in [1.82, 2.24) is 19.9 Å². The third-order valence-corrected chi connectivity index (χ3v) is 5.27. The van der Waals surface area contributed by atoms with Crippen molar-refractivity contribution < 1.29 is 22.7 Å². The van der Waals surface area contributed by atoms with E-state index in [1.165, 1.54) is 6.20 Å². The highest BCUT2D eigenvalue weighted by atomic mass is 19.4. The number of amides is 1. The molecule has 174 valence electrons. The lowest BCUT2D eigenvalue weighted by Crippen LogP contribution is -2.59. The van der Waals surface area contributed by atoms with Gasteiger partial charge in [0.2, 0.25) is 5.95 Å². The molecule has 0 unspecified atom stereocenters. The van der Waals surface area contributed by atoms with Crippen LogP contribution in [0.25, 0.3) is 0 Å². The lowest BCUT2D eigenvalue weighted by Gasteiger charge is -2.44. The van der Waals surface area contributed by atoms with Crippen LogP contribution in [0.2, 0.25) is 0 Å². The van der Waals surface area contributed by atoms with E-state index in [1.807, 2.05) is 25.7 Å². The van der Waals surface area contributed by atoms with Crippen LogP contribution in [-0.2, 0) is 17.3 Å². The predicted molar refractivity (Wildman–Crippen MR) is 111 cm³/mol. The molecule has 2 aromatic heterocycles. The van der Waals surface area contributed by atoms with Gasteiger partial charge in [0.05, 0.1) is 0 Å². The van der Waals surface area contributed by atoms with E-state index in [0.717, 1.165) is 11.6 Å². The number of hydrogen-bond donors (Lipinski definition) is 1. The number of nitrogens with one attached hydrogen (secondary N) is 1. The van der Waals surface area contributed by atoms with Gasteiger partial charge in [0, 0.05) is 50.2 Å². The Labute approximate surface area is 183 Å². The molecule has 11 heteroatoms. The van der Waals surface area contributed by atoms with Gasteiger partial charge >= 0.3 is 12.3 Å². The number of hydrogen-bond acceptors (Lipinski definition) is 6. The van der Waals surface area contributed by atoms with Crippen LogP contribution in [0.15, 0.2) is 29.5 Å². The molecule has 1 aliphatic heterocycles. The van der Waals surface area contributed by atoms with Crippen molar-refractivity contribution in [1.29, 1.82) is 0 Å². The minimum atomic E-state index is -4.75. The van der Waals surface area contributed by atoms with Crippen LogP contribution >= 0.6 is 0 Å². The van der Waals surface area contributed by atoms with Crippen LogP contribution in [0.3, 0.4) is 0 Å².